The minimum atomic E-state index is 0.698. The minimum absolute atomic E-state index is 0.698. The Balaban J connectivity index is 2.56. The van der Waals surface area contributed by atoms with Crippen molar-refractivity contribution < 1.29 is 0 Å². The summed E-state index contributed by atoms with van der Waals surface area (Å²) in [6, 6.07) is 0.698. The van der Waals surface area contributed by atoms with E-state index in [0.717, 1.165) is 31.5 Å². The fourth-order valence-corrected chi connectivity index (χ4v) is 3.15. The summed E-state index contributed by atoms with van der Waals surface area (Å²) in [5.41, 5.74) is 0. The molecule has 1 fully saturated rings. The molecule has 0 aromatic rings. The van der Waals surface area contributed by atoms with Crippen LogP contribution < -0.4 is 5.32 Å². The smallest absolute Gasteiger partial charge is 0.0164 e. The van der Waals surface area contributed by atoms with Gasteiger partial charge in [-0.15, -0.1) is 13.2 Å². The third kappa shape index (κ3) is 4.95. The van der Waals surface area contributed by atoms with Crippen LogP contribution >= 0.6 is 0 Å². The summed E-state index contributed by atoms with van der Waals surface area (Å²) in [5.74, 6) is 1.65. The lowest BCUT2D eigenvalue weighted by molar-refractivity contribution is 0.160. The quantitative estimate of drug-likeness (QED) is 0.666. The topological polar surface area (TPSA) is 15.3 Å². The second kappa shape index (κ2) is 8.49. The van der Waals surface area contributed by atoms with Gasteiger partial charge in [0.1, 0.15) is 0 Å². The Morgan fingerprint density at radius 1 is 1.22 bits per heavy atom. The highest BCUT2D eigenvalue weighted by Crippen LogP contribution is 2.29. The maximum absolute atomic E-state index is 3.85. The Bertz CT molecular complexity index is 239. The van der Waals surface area contributed by atoms with E-state index in [9.17, 15) is 0 Å². The summed E-state index contributed by atoms with van der Waals surface area (Å²) in [5, 5.41) is 3.67. The van der Waals surface area contributed by atoms with Gasteiger partial charge in [-0.2, -0.15) is 0 Å². The fourth-order valence-electron chi connectivity index (χ4n) is 3.15. The summed E-state index contributed by atoms with van der Waals surface area (Å²) in [6.07, 6.45) is 8.05. The van der Waals surface area contributed by atoms with Gasteiger partial charge in [-0.05, 0) is 37.6 Å². The first-order valence-electron chi connectivity index (χ1n) is 7.38. The van der Waals surface area contributed by atoms with Crippen LogP contribution in [0, 0.1) is 11.8 Å². The Morgan fingerprint density at radius 2 is 1.89 bits per heavy atom. The number of hydrogen-bond acceptors (Lipinski definition) is 2. The molecule has 0 aromatic carbocycles. The molecule has 0 bridgehead atoms. The van der Waals surface area contributed by atoms with Gasteiger partial charge < -0.3 is 5.32 Å². The van der Waals surface area contributed by atoms with Gasteiger partial charge in [-0.1, -0.05) is 26.0 Å². The zero-order valence-corrected chi connectivity index (χ0v) is 12.2. The molecule has 1 aliphatic rings. The van der Waals surface area contributed by atoms with Crippen molar-refractivity contribution in [3.8, 4) is 0 Å². The lowest BCUT2D eigenvalue weighted by Gasteiger charge is -2.38. The third-order valence-electron chi connectivity index (χ3n) is 3.98. The van der Waals surface area contributed by atoms with Gasteiger partial charge in [-0.25, -0.2) is 0 Å². The van der Waals surface area contributed by atoms with Crippen LogP contribution in [0.2, 0.25) is 0 Å². The maximum atomic E-state index is 3.85. The van der Waals surface area contributed by atoms with Crippen LogP contribution in [-0.2, 0) is 0 Å². The SMILES string of the molecule is C=CCN(CC=C)CC1CC(C)CCC1NCC. The summed E-state index contributed by atoms with van der Waals surface area (Å²) >= 11 is 0. The average Bonchev–Trinajstić information content (AvgIpc) is 2.33. The van der Waals surface area contributed by atoms with Gasteiger partial charge in [0.15, 0.2) is 0 Å². The van der Waals surface area contributed by atoms with Gasteiger partial charge in [-0.3, -0.25) is 4.90 Å². The van der Waals surface area contributed by atoms with Gasteiger partial charge in [0.05, 0.1) is 0 Å². The van der Waals surface area contributed by atoms with E-state index in [1.165, 1.54) is 25.8 Å². The Labute approximate surface area is 113 Å². The summed E-state index contributed by atoms with van der Waals surface area (Å²) < 4.78 is 0. The molecule has 18 heavy (non-hydrogen) atoms. The molecule has 1 N–H and O–H groups in total. The van der Waals surface area contributed by atoms with Crippen LogP contribution in [0.25, 0.3) is 0 Å². The molecule has 2 heteroatoms. The van der Waals surface area contributed by atoms with Crippen molar-refractivity contribution in [2.45, 2.75) is 39.2 Å². The molecule has 1 saturated carbocycles. The third-order valence-corrected chi connectivity index (χ3v) is 3.98. The Morgan fingerprint density at radius 3 is 2.44 bits per heavy atom. The van der Waals surface area contributed by atoms with Crippen LogP contribution in [0.1, 0.15) is 33.1 Å². The van der Waals surface area contributed by atoms with Crippen LogP contribution in [0.4, 0.5) is 0 Å². The first-order chi connectivity index (χ1) is 8.71. The van der Waals surface area contributed by atoms with Gasteiger partial charge in [0, 0.05) is 25.7 Å². The van der Waals surface area contributed by atoms with Crippen molar-refractivity contribution in [1.82, 2.24) is 10.2 Å². The standard InChI is InChI=1S/C16H30N2/c1-5-10-18(11-6-2)13-15-12-14(4)8-9-16(15)17-7-3/h5-6,14-17H,1-2,7-13H2,3-4H3. The molecule has 3 atom stereocenters. The van der Waals surface area contributed by atoms with Crippen molar-refractivity contribution >= 4 is 0 Å². The molecule has 0 radical (unpaired) electrons. The van der Waals surface area contributed by atoms with E-state index >= 15 is 0 Å². The number of hydrogen-bond donors (Lipinski definition) is 1. The molecule has 0 saturated heterocycles. The van der Waals surface area contributed by atoms with Crippen molar-refractivity contribution in [2.75, 3.05) is 26.2 Å². The van der Waals surface area contributed by atoms with Crippen LogP contribution in [0.15, 0.2) is 25.3 Å². The van der Waals surface area contributed by atoms with Crippen LogP contribution in [-0.4, -0.2) is 37.1 Å². The molecule has 0 aliphatic heterocycles. The number of rotatable bonds is 8. The highest BCUT2D eigenvalue weighted by molar-refractivity contribution is 4.88. The first-order valence-corrected chi connectivity index (χ1v) is 7.38. The maximum Gasteiger partial charge on any atom is 0.0164 e. The molecular weight excluding hydrogens is 220 g/mol. The lowest BCUT2D eigenvalue weighted by atomic mass is 9.78. The predicted octanol–water partition coefficient (Wildman–Crippen LogP) is 3.07. The summed E-state index contributed by atoms with van der Waals surface area (Å²) in [6.45, 7) is 16.5. The van der Waals surface area contributed by atoms with E-state index in [1.807, 2.05) is 12.2 Å². The molecule has 1 rings (SSSR count). The van der Waals surface area contributed by atoms with E-state index < -0.39 is 0 Å². The second-order valence-corrected chi connectivity index (χ2v) is 5.64. The van der Waals surface area contributed by atoms with E-state index in [0.29, 0.717) is 6.04 Å². The van der Waals surface area contributed by atoms with Crippen molar-refractivity contribution in [2.24, 2.45) is 11.8 Å². The minimum Gasteiger partial charge on any atom is -0.314 e. The molecular formula is C16H30N2. The highest BCUT2D eigenvalue weighted by Gasteiger charge is 2.28. The molecule has 1 aliphatic carbocycles. The molecule has 2 nitrogen and oxygen atoms in total. The van der Waals surface area contributed by atoms with Crippen LogP contribution in [0.5, 0.6) is 0 Å². The Hall–Kier alpha value is -0.600. The predicted molar refractivity (Wildman–Crippen MR) is 80.8 cm³/mol. The zero-order chi connectivity index (χ0) is 13.4. The fraction of sp³-hybridized carbons (Fsp3) is 0.750. The van der Waals surface area contributed by atoms with Crippen molar-refractivity contribution in [3.63, 3.8) is 0 Å². The summed E-state index contributed by atoms with van der Waals surface area (Å²) in [4.78, 5) is 2.45. The normalized spacial score (nSPS) is 28.3. The van der Waals surface area contributed by atoms with Gasteiger partial charge in [0.25, 0.3) is 0 Å². The summed E-state index contributed by atoms with van der Waals surface area (Å²) in [7, 11) is 0. The first kappa shape index (κ1) is 15.5. The molecule has 0 amide bonds. The molecule has 3 unspecified atom stereocenters. The van der Waals surface area contributed by atoms with E-state index in [1.54, 1.807) is 0 Å². The lowest BCUT2D eigenvalue weighted by Crippen LogP contribution is -2.45. The van der Waals surface area contributed by atoms with Crippen molar-refractivity contribution in [3.05, 3.63) is 25.3 Å². The monoisotopic (exact) mass is 250 g/mol. The van der Waals surface area contributed by atoms with Crippen molar-refractivity contribution in [1.29, 1.82) is 0 Å². The van der Waals surface area contributed by atoms with E-state index in [4.69, 9.17) is 0 Å². The van der Waals surface area contributed by atoms with Crippen LogP contribution in [0.3, 0.4) is 0 Å². The Kier molecular flexibility index (Phi) is 7.29. The largest absolute Gasteiger partial charge is 0.314 e. The number of nitrogens with one attached hydrogen (secondary N) is 1. The molecule has 0 heterocycles. The molecule has 0 aromatic heterocycles. The highest BCUT2D eigenvalue weighted by atomic mass is 15.1. The van der Waals surface area contributed by atoms with E-state index in [2.05, 4.69) is 37.2 Å². The molecule has 0 spiro atoms. The average molecular weight is 250 g/mol. The number of nitrogens with zero attached hydrogens (tertiary/aromatic N) is 1. The second-order valence-electron chi connectivity index (χ2n) is 5.64. The van der Waals surface area contributed by atoms with Gasteiger partial charge >= 0.3 is 0 Å². The van der Waals surface area contributed by atoms with Gasteiger partial charge in [0.2, 0.25) is 0 Å². The molecule has 104 valence electrons. The zero-order valence-electron chi connectivity index (χ0n) is 12.2. The van der Waals surface area contributed by atoms with E-state index in [-0.39, 0.29) is 0 Å².